The monoisotopic (exact) mass is 322 g/mol. The number of β-amino-alcohol motifs (C(OH)–C–C–N with tert-alkyl or cyclic N) is 1. The first-order valence-electron chi connectivity index (χ1n) is 9.05. The van der Waals surface area contributed by atoms with E-state index in [0.29, 0.717) is 6.04 Å². The molecule has 24 heavy (non-hydrogen) atoms. The zero-order valence-corrected chi connectivity index (χ0v) is 14.1. The summed E-state index contributed by atoms with van der Waals surface area (Å²) in [6.45, 7) is 4.83. The van der Waals surface area contributed by atoms with Gasteiger partial charge in [-0.25, -0.2) is 0 Å². The van der Waals surface area contributed by atoms with E-state index in [0.717, 1.165) is 45.6 Å². The fraction of sp³-hybridized carbons (Fsp3) is 0.429. The Labute approximate surface area is 144 Å². The van der Waals surface area contributed by atoms with Gasteiger partial charge in [-0.3, -0.25) is 9.80 Å². The first-order valence-corrected chi connectivity index (χ1v) is 9.05. The van der Waals surface area contributed by atoms with E-state index < -0.39 is 0 Å². The molecule has 2 aliphatic heterocycles. The summed E-state index contributed by atoms with van der Waals surface area (Å²) in [5, 5.41) is 10.7. The van der Waals surface area contributed by atoms with Gasteiger partial charge in [0.2, 0.25) is 0 Å². The zero-order chi connectivity index (χ0) is 16.4. The van der Waals surface area contributed by atoms with E-state index in [9.17, 15) is 5.11 Å². The van der Waals surface area contributed by atoms with Crippen molar-refractivity contribution < 1.29 is 5.11 Å². The molecule has 0 aliphatic carbocycles. The van der Waals surface area contributed by atoms with Crippen LogP contribution in [0, 0.1) is 0 Å². The quantitative estimate of drug-likeness (QED) is 0.941. The highest BCUT2D eigenvalue weighted by Gasteiger charge is 2.33. The largest absolute Gasteiger partial charge is 0.390 e. The van der Waals surface area contributed by atoms with Crippen LogP contribution in [0.5, 0.6) is 0 Å². The number of fused-ring (bicyclic) bond motifs is 1. The number of aliphatic hydroxyl groups is 1. The second-order valence-corrected chi connectivity index (χ2v) is 7.13. The van der Waals surface area contributed by atoms with E-state index in [2.05, 4.69) is 64.4 Å². The summed E-state index contributed by atoms with van der Waals surface area (Å²) in [6, 6.07) is 19.6. The maximum Gasteiger partial charge on any atom is 0.0822 e. The van der Waals surface area contributed by atoms with Gasteiger partial charge in [-0.2, -0.15) is 0 Å². The lowest BCUT2D eigenvalue weighted by Crippen LogP contribution is -2.54. The van der Waals surface area contributed by atoms with Gasteiger partial charge in [-0.05, 0) is 29.5 Å². The molecule has 0 bridgehead atoms. The van der Waals surface area contributed by atoms with E-state index in [1.165, 1.54) is 16.7 Å². The number of hydrogen-bond acceptors (Lipinski definition) is 3. The molecule has 2 heterocycles. The normalized spacial score (nSPS) is 25.4. The van der Waals surface area contributed by atoms with Gasteiger partial charge < -0.3 is 5.11 Å². The Kier molecular flexibility index (Phi) is 4.65. The molecule has 2 aliphatic rings. The minimum atomic E-state index is -0.257. The van der Waals surface area contributed by atoms with Gasteiger partial charge in [0.15, 0.2) is 0 Å². The van der Waals surface area contributed by atoms with E-state index >= 15 is 0 Å². The molecule has 1 saturated heterocycles. The van der Waals surface area contributed by atoms with Crippen molar-refractivity contribution in [3.63, 3.8) is 0 Å². The van der Waals surface area contributed by atoms with Crippen molar-refractivity contribution in [1.82, 2.24) is 9.80 Å². The van der Waals surface area contributed by atoms with Crippen LogP contribution in [0.25, 0.3) is 0 Å². The number of benzene rings is 2. The number of piperidine rings is 1. The standard InChI is InChI=1S/C21H26N2O/c24-21-16-22(14-17-6-2-1-3-7-17)12-11-20(21)23-13-10-18-8-4-5-9-19(18)15-23/h1-9,20-21,24H,10-16H2. The van der Waals surface area contributed by atoms with Crippen molar-refractivity contribution in [3.05, 3.63) is 71.3 Å². The first kappa shape index (κ1) is 15.8. The summed E-state index contributed by atoms with van der Waals surface area (Å²) in [4.78, 5) is 4.88. The van der Waals surface area contributed by atoms with Crippen LogP contribution in [0.15, 0.2) is 54.6 Å². The lowest BCUT2D eigenvalue weighted by atomic mass is 9.94. The van der Waals surface area contributed by atoms with Crippen LogP contribution in [0.4, 0.5) is 0 Å². The van der Waals surface area contributed by atoms with Gasteiger partial charge in [0.05, 0.1) is 6.10 Å². The second-order valence-electron chi connectivity index (χ2n) is 7.13. The fourth-order valence-corrected chi connectivity index (χ4v) is 4.20. The molecule has 4 rings (SSSR count). The molecule has 0 spiro atoms. The van der Waals surface area contributed by atoms with Gasteiger partial charge in [-0.15, -0.1) is 0 Å². The maximum absolute atomic E-state index is 10.7. The molecule has 1 fully saturated rings. The van der Waals surface area contributed by atoms with Crippen LogP contribution >= 0.6 is 0 Å². The van der Waals surface area contributed by atoms with Crippen molar-refractivity contribution >= 4 is 0 Å². The number of likely N-dealkylation sites (tertiary alicyclic amines) is 1. The van der Waals surface area contributed by atoms with E-state index in [-0.39, 0.29) is 6.10 Å². The van der Waals surface area contributed by atoms with Crippen LogP contribution < -0.4 is 0 Å². The Morgan fingerprint density at radius 1 is 0.917 bits per heavy atom. The fourth-order valence-electron chi connectivity index (χ4n) is 4.20. The Hall–Kier alpha value is -1.68. The molecule has 0 amide bonds. The lowest BCUT2D eigenvalue weighted by molar-refractivity contribution is -0.0204. The smallest absolute Gasteiger partial charge is 0.0822 e. The SMILES string of the molecule is OC1CN(Cc2ccccc2)CCC1N1CCc2ccccc2C1. The number of hydrogen-bond donors (Lipinski definition) is 1. The number of nitrogens with zero attached hydrogens (tertiary/aromatic N) is 2. The average molecular weight is 322 g/mol. The van der Waals surface area contributed by atoms with Crippen LogP contribution in [-0.2, 0) is 19.5 Å². The van der Waals surface area contributed by atoms with Gasteiger partial charge >= 0.3 is 0 Å². The molecule has 2 atom stereocenters. The minimum Gasteiger partial charge on any atom is -0.390 e. The predicted octanol–water partition coefficient (Wildman–Crippen LogP) is 2.68. The Bertz CT molecular complexity index is 673. The molecule has 3 heteroatoms. The molecule has 0 radical (unpaired) electrons. The molecule has 126 valence electrons. The van der Waals surface area contributed by atoms with Crippen LogP contribution in [0.2, 0.25) is 0 Å². The predicted molar refractivity (Wildman–Crippen MR) is 96.7 cm³/mol. The van der Waals surface area contributed by atoms with E-state index in [4.69, 9.17) is 0 Å². The molecule has 2 aromatic carbocycles. The van der Waals surface area contributed by atoms with Crippen molar-refractivity contribution in [3.8, 4) is 0 Å². The maximum atomic E-state index is 10.7. The summed E-state index contributed by atoms with van der Waals surface area (Å²) >= 11 is 0. The Morgan fingerprint density at radius 2 is 1.67 bits per heavy atom. The van der Waals surface area contributed by atoms with Gasteiger partial charge in [0, 0.05) is 38.8 Å². The summed E-state index contributed by atoms with van der Waals surface area (Å²) in [7, 11) is 0. The molecule has 2 aromatic rings. The van der Waals surface area contributed by atoms with Crippen molar-refractivity contribution in [2.45, 2.75) is 38.1 Å². The van der Waals surface area contributed by atoms with Crippen molar-refractivity contribution in [2.24, 2.45) is 0 Å². The van der Waals surface area contributed by atoms with E-state index in [1.54, 1.807) is 0 Å². The zero-order valence-electron chi connectivity index (χ0n) is 14.1. The third-order valence-corrected chi connectivity index (χ3v) is 5.51. The highest BCUT2D eigenvalue weighted by Crippen LogP contribution is 2.25. The molecule has 0 aromatic heterocycles. The molecule has 3 nitrogen and oxygen atoms in total. The van der Waals surface area contributed by atoms with E-state index in [1.807, 2.05) is 0 Å². The van der Waals surface area contributed by atoms with Crippen molar-refractivity contribution in [1.29, 1.82) is 0 Å². The summed E-state index contributed by atoms with van der Waals surface area (Å²) in [5.74, 6) is 0. The van der Waals surface area contributed by atoms with Crippen LogP contribution in [0.1, 0.15) is 23.1 Å². The molecular weight excluding hydrogens is 296 g/mol. The third-order valence-electron chi connectivity index (χ3n) is 5.51. The van der Waals surface area contributed by atoms with Gasteiger partial charge in [-0.1, -0.05) is 54.6 Å². The second kappa shape index (κ2) is 7.06. The number of rotatable bonds is 3. The van der Waals surface area contributed by atoms with Crippen LogP contribution in [-0.4, -0.2) is 46.7 Å². The first-order chi connectivity index (χ1) is 11.8. The van der Waals surface area contributed by atoms with Gasteiger partial charge in [0.25, 0.3) is 0 Å². The molecule has 0 saturated carbocycles. The summed E-state index contributed by atoms with van der Waals surface area (Å²) < 4.78 is 0. The van der Waals surface area contributed by atoms with Crippen molar-refractivity contribution in [2.75, 3.05) is 19.6 Å². The molecule has 2 unspecified atom stereocenters. The lowest BCUT2D eigenvalue weighted by Gasteiger charge is -2.43. The Morgan fingerprint density at radius 3 is 2.46 bits per heavy atom. The molecule has 1 N–H and O–H groups in total. The number of aliphatic hydroxyl groups excluding tert-OH is 1. The van der Waals surface area contributed by atoms with Gasteiger partial charge in [0.1, 0.15) is 0 Å². The topological polar surface area (TPSA) is 26.7 Å². The minimum absolute atomic E-state index is 0.257. The Balaban J connectivity index is 1.37. The highest BCUT2D eigenvalue weighted by atomic mass is 16.3. The van der Waals surface area contributed by atoms with Crippen LogP contribution in [0.3, 0.4) is 0 Å². The summed E-state index contributed by atoms with van der Waals surface area (Å²) in [5.41, 5.74) is 4.24. The molecular formula is C21H26N2O. The third kappa shape index (κ3) is 3.39. The summed E-state index contributed by atoms with van der Waals surface area (Å²) in [6.07, 6.45) is 1.90. The highest BCUT2D eigenvalue weighted by molar-refractivity contribution is 5.29. The average Bonchev–Trinajstić information content (AvgIpc) is 2.62.